The summed E-state index contributed by atoms with van der Waals surface area (Å²) in [6.07, 6.45) is -3.97. The SMILES string of the molecule is CCC1CN(c2cccc(C(F)(F)F)c2)C(=O)C1c1cc(F)cc(F)c1. The number of nitrogens with zero attached hydrogens (tertiary/aromatic N) is 1. The number of benzene rings is 2. The first-order valence-electron chi connectivity index (χ1n) is 8.15. The first-order valence-corrected chi connectivity index (χ1v) is 8.15. The molecule has 0 aromatic heterocycles. The Labute approximate surface area is 147 Å². The zero-order chi connectivity index (χ0) is 19.1. The maximum absolute atomic E-state index is 13.6. The summed E-state index contributed by atoms with van der Waals surface area (Å²) in [5, 5.41) is 0. The van der Waals surface area contributed by atoms with Crippen LogP contribution in [0.2, 0.25) is 0 Å². The predicted molar refractivity (Wildman–Crippen MR) is 86.7 cm³/mol. The molecule has 0 saturated carbocycles. The van der Waals surface area contributed by atoms with Crippen LogP contribution in [0.15, 0.2) is 42.5 Å². The number of alkyl halides is 3. The van der Waals surface area contributed by atoms with Crippen LogP contribution in [0.3, 0.4) is 0 Å². The van der Waals surface area contributed by atoms with Gasteiger partial charge in [0.05, 0.1) is 11.5 Å². The standard InChI is InChI=1S/C19H16F5NO/c1-2-11-10-25(16-5-3-4-13(8-16)19(22,23)24)18(26)17(11)12-6-14(20)9-15(21)7-12/h3-9,11,17H,2,10H2,1H3. The number of hydrogen-bond acceptors (Lipinski definition) is 1. The fourth-order valence-electron chi connectivity index (χ4n) is 3.42. The van der Waals surface area contributed by atoms with Crippen LogP contribution in [0.1, 0.15) is 30.4 Å². The summed E-state index contributed by atoms with van der Waals surface area (Å²) in [6.45, 7) is 2.02. The quantitative estimate of drug-likeness (QED) is 0.686. The van der Waals surface area contributed by atoms with E-state index in [1.807, 2.05) is 6.92 Å². The highest BCUT2D eigenvalue weighted by Gasteiger charge is 2.42. The van der Waals surface area contributed by atoms with Crippen LogP contribution in [-0.2, 0) is 11.0 Å². The lowest BCUT2D eigenvalue weighted by Gasteiger charge is -2.18. The van der Waals surface area contributed by atoms with Crippen molar-refractivity contribution in [2.24, 2.45) is 5.92 Å². The van der Waals surface area contributed by atoms with E-state index in [0.717, 1.165) is 24.3 Å². The summed E-state index contributed by atoms with van der Waals surface area (Å²) in [7, 11) is 0. The van der Waals surface area contributed by atoms with E-state index in [0.29, 0.717) is 12.5 Å². The average molecular weight is 369 g/mol. The minimum atomic E-state index is -4.52. The lowest BCUT2D eigenvalue weighted by atomic mass is 9.87. The van der Waals surface area contributed by atoms with Gasteiger partial charge in [-0.2, -0.15) is 13.2 Å². The second-order valence-corrected chi connectivity index (χ2v) is 6.35. The van der Waals surface area contributed by atoms with Gasteiger partial charge in [0.25, 0.3) is 0 Å². The molecule has 138 valence electrons. The van der Waals surface area contributed by atoms with Crippen molar-refractivity contribution in [3.63, 3.8) is 0 Å². The van der Waals surface area contributed by atoms with Crippen molar-refractivity contribution < 1.29 is 26.7 Å². The fourth-order valence-corrected chi connectivity index (χ4v) is 3.42. The van der Waals surface area contributed by atoms with Gasteiger partial charge in [-0.3, -0.25) is 4.79 Å². The van der Waals surface area contributed by atoms with Gasteiger partial charge in [-0.25, -0.2) is 8.78 Å². The van der Waals surface area contributed by atoms with Crippen molar-refractivity contribution in [1.29, 1.82) is 0 Å². The molecule has 7 heteroatoms. The predicted octanol–water partition coefficient (Wildman–Crippen LogP) is 5.14. The molecule has 1 fully saturated rings. The van der Waals surface area contributed by atoms with E-state index in [4.69, 9.17) is 0 Å². The number of halogens is 5. The summed E-state index contributed by atoms with van der Waals surface area (Å²) in [6, 6.07) is 7.43. The molecule has 2 unspecified atom stereocenters. The fraction of sp³-hybridized carbons (Fsp3) is 0.316. The van der Waals surface area contributed by atoms with Gasteiger partial charge in [-0.05, 0) is 41.8 Å². The van der Waals surface area contributed by atoms with Crippen molar-refractivity contribution in [2.75, 3.05) is 11.4 Å². The van der Waals surface area contributed by atoms with Crippen molar-refractivity contribution in [3.05, 3.63) is 65.2 Å². The smallest absolute Gasteiger partial charge is 0.312 e. The monoisotopic (exact) mass is 369 g/mol. The van der Waals surface area contributed by atoms with Gasteiger partial charge in [-0.15, -0.1) is 0 Å². The normalized spacial score (nSPS) is 20.7. The maximum atomic E-state index is 13.6. The van der Waals surface area contributed by atoms with Crippen LogP contribution >= 0.6 is 0 Å². The minimum Gasteiger partial charge on any atom is -0.312 e. The van der Waals surface area contributed by atoms with Crippen LogP contribution < -0.4 is 4.90 Å². The number of carbonyl (C=O) groups is 1. The molecular weight excluding hydrogens is 353 g/mol. The zero-order valence-corrected chi connectivity index (χ0v) is 13.9. The summed E-state index contributed by atoms with van der Waals surface area (Å²) in [5.74, 6) is -3.08. The summed E-state index contributed by atoms with van der Waals surface area (Å²) in [4.78, 5) is 14.1. The molecule has 2 atom stereocenters. The second-order valence-electron chi connectivity index (χ2n) is 6.35. The van der Waals surface area contributed by atoms with E-state index < -0.39 is 35.2 Å². The van der Waals surface area contributed by atoms with Crippen LogP contribution in [0.25, 0.3) is 0 Å². The van der Waals surface area contributed by atoms with E-state index in [2.05, 4.69) is 0 Å². The molecule has 1 aliphatic rings. The highest BCUT2D eigenvalue weighted by atomic mass is 19.4. The molecule has 0 bridgehead atoms. The Morgan fingerprint density at radius 1 is 1.08 bits per heavy atom. The Morgan fingerprint density at radius 3 is 2.31 bits per heavy atom. The van der Waals surface area contributed by atoms with Crippen molar-refractivity contribution in [2.45, 2.75) is 25.4 Å². The lowest BCUT2D eigenvalue weighted by molar-refractivity contribution is -0.137. The van der Waals surface area contributed by atoms with Crippen LogP contribution in [-0.4, -0.2) is 12.5 Å². The van der Waals surface area contributed by atoms with E-state index in [1.165, 1.54) is 17.0 Å². The Balaban J connectivity index is 1.98. The van der Waals surface area contributed by atoms with Gasteiger partial charge < -0.3 is 4.90 Å². The zero-order valence-electron chi connectivity index (χ0n) is 13.9. The first kappa shape index (κ1) is 18.4. The first-order chi connectivity index (χ1) is 12.2. The molecule has 0 spiro atoms. The Morgan fingerprint density at radius 2 is 1.73 bits per heavy atom. The third kappa shape index (κ3) is 3.43. The van der Waals surface area contributed by atoms with Crippen molar-refractivity contribution in [1.82, 2.24) is 0 Å². The molecule has 0 N–H and O–H groups in total. The van der Waals surface area contributed by atoms with Crippen LogP contribution in [0.5, 0.6) is 0 Å². The largest absolute Gasteiger partial charge is 0.416 e. The van der Waals surface area contributed by atoms with E-state index in [1.54, 1.807) is 0 Å². The van der Waals surface area contributed by atoms with Gasteiger partial charge in [0, 0.05) is 18.3 Å². The van der Waals surface area contributed by atoms with Crippen molar-refractivity contribution >= 4 is 11.6 Å². The molecule has 2 nitrogen and oxygen atoms in total. The van der Waals surface area contributed by atoms with Crippen molar-refractivity contribution in [3.8, 4) is 0 Å². The number of rotatable bonds is 3. The third-order valence-corrected chi connectivity index (χ3v) is 4.67. The van der Waals surface area contributed by atoms with E-state index >= 15 is 0 Å². The molecule has 1 saturated heterocycles. The molecule has 2 aromatic carbocycles. The third-order valence-electron chi connectivity index (χ3n) is 4.67. The van der Waals surface area contributed by atoms with Gasteiger partial charge >= 0.3 is 6.18 Å². The second kappa shape index (κ2) is 6.70. The highest BCUT2D eigenvalue weighted by molar-refractivity contribution is 6.00. The van der Waals surface area contributed by atoms with Gasteiger partial charge in [0.2, 0.25) is 5.91 Å². The van der Waals surface area contributed by atoms with Gasteiger partial charge in [-0.1, -0.05) is 19.4 Å². The Kier molecular flexibility index (Phi) is 4.73. The molecule has 0 radical (unpaired) electrons. The molecule has 1 heterocycles. The molecule has 26 heavy (non-hydrogen) atoms. The number of amides is 1. The molecule has 1 aliphatic heterocycles. The molecule has 2 aromatic rings. The average Bonchev–Trinajstić information content (AvgIpc) is 2.90. The minimum absolute atomic E-state index is 0.127. The summed E-state index contributed by atoms with van der Waals surface area (Å²) in [5.41, 5.74) is -0.521. The molecule has 1 amide bonds. The number of hydrogen-bond donors (Lipinski definition) is 0. The summed E-state index contributed by atoms with van der Waals surface area (Å²) >= 11 is 0. The van der Waals surface area contributed by atoms with E-state index in [9.17, 15) is 26.7 Å². The molecule has 3 rings (SSSR count). The summed E-state index contributed by atoms with van der Waals surface area (Å²) < 4.78 is 65.9. The number of carbonyl (C=O) groups excluding carboxylic acids is 1. The van der Waals surface area contributed by atoms with Crippen LogP contribution in [0, 0.1) is 17.6 Å². The lowest BCUT2D eigenvalue weighted by Crippen LogP contribution is -2.26. The van der Waals surface area contributed by atoms with E-state index in [-0.39, 0.29) is 23.7 Å². The molecule has 0 aliphatic carbocycles. The highest BCUT2D eigenvalue weighted by Crippen LogP contribution is 2.40. The molecular formula is C19H16F5NO. The van der Waals surface area contributed by atoms with Gasteiger partial charge in [0.1, 0.15) is 11.6 Å². The topological polar surface area (TPSA) is 20.3 Å². The maximum Gasteiger partial charge on any atom is 0.416 e. The Hall–Kier alpha value is -2.44. The van der Waals surface area contributed by atoms with Gasteiger partial charge in [0.15, 0.2) is 0 Å². The Bertz CT molecular complexity index is 813. The van der Waals surface area contributed by atoms with Crippen LogP contribution in [0.4, 0.5) is 27.6 Å². The number of anilines is 1.